The number of carbonyl (C=O) groups excluding carboxylic acids is 2. The zero-order valence-electron chi connectivity index (χ0n) is 11.6. The Hall–Kier alpha value is -2.40. The molecule has 2 N–H and O–H groups in total. The number of hydrogen-bond acceptors (Lipinski definition) is 2. The van der Waals surface area contributed by atoms with Gasteiger partial charge in [-0.2, -0.15) is 0 Å². The van der Waals surface area contributed by atoms with Gasteiger partial charge in [-0.15, -0.1) is 0 Å². The van der Waals surface area contributed by atoms with Crippen LogP contribution >= 0.6 is 11.6 Å². The summed E-state index contributed by atoms with van der Waals surface area (Å²) < 4.78 is 13.5. The Kier molecular flexibility index (Phi) is 5.49. The summed E-state index contributed by atoms with van der Waals surface area (Å²) in [5.41, 5.74) is 0.455. The molecule has 4 nitrogen and oxygen atoms in total. The minimum atomic E-state index is -0.682. The molecule has 114 valence electrons. The zero-order chi connectivity index (χ0) is 15.9. The maximum Gasteiger partial charge on any atom is 0.254 e. The highest BCUT2D eigenvalue weighted by molar-refractivity contribution is 6.30. The molecule has 0 aromatic heterocycles. The first-order chi connectivity index (χ1) is 10.6. The van der Waals surface area contributed by atoms with E-state index in [9.17, 15) is 14.0 Å². The molecule has 2 aromatic carbocycles. The summed E-state index contributed by atoms with van der Waals surface area (Å²) in [5.74, 6) is -1.46. The van der Waals surface area contributed by atoms with Crippen molar-refractivity contribution in [3.05, 3.63) is 70.5 Å². The lowest BCUT2D eigenvalue weighted by molar-refractivity contribution is 0.0925. The van der Waals surface area contributed by atoms with E-state index in [1.807, 2.05) is 6.07 Å². The van der Waals surface area contributed by atoms with E-state index in [-0.39, 0.29) is 29.6 Å². The van der Waals surface area contributed by atoms with Crippen LogP contribution in [0, 0.1) is 5.82 Å². The molecule has 0 fully saturated rings. The van der Waals surface area contributed by atoms with Crippen LogP contribution in [-0.4, -0.2) is 24.9 Å². The van der Waals surface area contributed by atoms with Gasteiger partial charge < -0.3 is 10.6 Å². The molecule has 0 saturated heterocycles. The summed E-state index contributed by atoms with van der Waals surface area (Å²) in [6.07, 6.45) is 0. The Labute approximate surface area is 132 Å². The van der Waals surface area contributed by atoms with Gasteiger partial charge in [0, 0.05) is 23.7 Å². The summed E-state index contributed by atoms with van der Waals surface area (Å²) in [4.78, 5) is 23.5. The molecule has 0 atom stereocenters. The van der Waals surface area contributed by atoms with Gasteiger partial charge in [-0.05, 0) is 30.3 Å². The number of amides is 2. The van der Waals surface area contributed by atoms with Crippen molar-refractivity contribution in [3.8, 4) is 0 Å². The monoisotopic (exact) mass is 320 g/mol. The summed E-state index contributed by atoms with van der Waals surface area (Å²) >= 11 is 5.62. The highest BCUT2D eigenvalue weighted by atomic mass is 35.5. The van der Waals surface area contributed by atoms with Gasteiger partial charge in [-0.3, -0.25) is 9.59 Å². The van der Waals surface area contributed by atoms with Gasteiger partial charge in [-0.1, -0.05) is 29.8 Å². The standard InChI is InChI=1S/C16H14ClFN2O2/c17-12-6-7-13(14(18)10-12)16(22)20-9-8-19-15(21)11-4-2-1-3-5-11/h1-7,10H,8-9H2,(H,19,21)(H,20,22). The third-order valence-electron chi connectivity index (χ3n) is 2.91. The van der Waals surface area contributed by atoms with E-state index >= 15 is 0 Å². The number of halogens is 2. The van der Waals surface area contributed by atoms with Crippen LogP contribution in [-0.2, 0) is 0 Å². The largest absolute Gasteiger partial charge is 0.350 e. The molecule has 0 unspecified atom stereocenters. The average molecular weight is 321 g/mol. The second kappa shape index (κ2) is 7.56. The van der Waals surface area contributed by atoms with E-state index in [1.54, 1.807) is 24.3 Å². The topological polar surface area (TPSA) is 58.2 Å². The smallest absolute Gasteiger partial charge is 0.254 e. The van der Waals surface area contributed by atoms with Crippen LogP contribution in [0.25, 0.3) is 0 Å². The predicted molar refractivity (Wildman–Crippen MR) is 82.5 cm³/mol. The van der Waals surface area contributed by atoms with E-state index in [2.05, 4.69) is 10.6 Å². The van der Waals surface area contributed by atoms with E-state index in [4.69, 9.17) is 11.6 Å². The first-order valence-corrected chi connectivity index (χ1v) is 7.02. The number of rotatable bonds is 5. The number of carbonyl (C=O) groups is 2. The molecule has 2 amide bonds. The van der Waals surface area contributed by atoms with Crippen LogP contribution < -0.4 is 10.6 Å². The molecule has 6 heteroatoms. The summed E-state index contributed by atoms with van der Waals surface area (Å²) in [7, 11) is 0. The minimum Gasteiger partial charge on any atom is -0.350 e. The Morgan fingerprint density at radius 2 is 1.59 bits per heavy atom. The van der Waals surface area contributed by atoms with E-state index in [0.717, 1.165) is 6.07 Å². The first kappa shape index (κ1) is 16.0. The van der Waals surface area contributed by atoms with Crippen LogP contribution in [0.4, 0.5) is 4.39 Å². The van der Waals surface area contributed by atoms with Gasteiger partial charge in [0.25, 0.3) is 11.8 Å². The Morgan fingerprint density at radius 3 is 2.23 bits per heavy atom. The fourth-order valence-corrected chi connectivity index (χ4v) is 1.97. The van der Waals surface area contributed by atoms with Gasteiger partial charge in [0.05, 0.1) is 5.56 Å². The molecule has 0 heterocycles. The van der Waals surface area contributed by atoms with Crippen LogP contribution in [0.2, 0.25) is 5.02 Å². The van der Waals surface area contributed by atoms with Gasteiger partial charge >= 0.3 is 0 Å². The lowest BCUT2D eigenvalue weighted by atomic mass is 10.2. The highest BCUT2D eigenvalue weighted by Crippen LogP contribution is 2.14. The molecule has 2 rings (SSSR count). The van der Waals surface area contributed by atoms with Crippen molar-refractivity contribution in [2.45, 2.75) is 0 Å². The van der Waals surface area contributed by atoms with Gasteiger partial charge in [-0.25, -0.2) is 4.39 Å². The quantitative estimate of drug-likeness (QED) is 0.832. The third-order valence-corrected chi connectivity index (χ3v) is 3.14. The van der Waals surface area contributed by atoms with Crippen molar-refractivity contribution >= 4 is 23.4 Å². The molecule has 22 heavy (non-hydrogen) atoms. The lowest BCUT2D eigenvalue weighted by Crippen LogP contribution is -2.35. The average Bonchev–Trinajstić information content (AvgIpc) is 2.52. The Balaban J connectivity index is 1.79. The van der Waals surface area contributed by atoms with Crippen LogP contribution in [0.15, 0.2) is 48.5 Å². The first-order valence-electron chi connectivity index (χ1n) is 6.64. The summed E-state index contributed by atoms with van der Waals surface area (Å²) in [6, 6.07) is 12.6. The maximum atomic E-state index is 13.5. The molecular weight excluding hydrogens is 307 g/mol. The van der Waals surface area contributed by atoms with Crippen LogP contribution in [0.1, 0.15) is 20.7 Å². The van der Waals surface area contributed by atoms with Crippen molar-refractivity contribution in [1.29, 1.82) is 0 Å². The second-order valence-corrected chi connectivity index (χ2v) is 4.94. The molecule has 0 spiro atoms. The SMILES string of the molecule is O=C(NCCNC(=O)c1ccc(Cl)cc1F)c1ccccc1. The molecular formula is C16H14ClFN2O2. The molecule has 0 aliphatic rings. The molecule has 2 aromatic rings. The zero-order valence-corrected chi connectivity index (χ0v) is 12.4. The predicted octanol–water partition coefficient (Wildman–Crippen LogP) is 2.64. The van der Waals surface area contributed by atoms with E-state index < -0.39 is 11.7 Å². The molecule has 0 saturated carbocycles. The van der Waals surface area contributed by atoms with Gasteiger partial charge in [0.1, 0.15) is 5.82 Å². The third kappa shape index (κ3) is 4.30. The van der Waals surface area contributed by atoms with Crippen LogP contribution in [0.5, 0.6) is 0 Å². The lowest BCUT2D eigenvalue weighted by Gasteiger charge is -2.08. The Morgan fingerprint density at radius 1 is 0.955 bits per heavy atom. The Bertz CT molecular complexity index is 677. The highest BCUT2D eigenvalue weighted by Gasteiger charge is 2.11. The van der Waals surface area contributed by atoms with Crippen molar-refractivity contribution in [2.24, 2.45) is 0 Å². The van der Waals surface area contributed by atoms with Crippen LogP contribution in [0.3, 0.4) is 0 Å². The summed E-state index contributed by atoms with van der Waals surface area (Å²) in [6.45, 7) is 0.439. The number of hydrogen-bond donors (Lipinski definition) is 2. The fourth-order valence-electron chi connectivity index (χ4n) is 1.81. The van der Waals surface area contributed by atoms with Crippen molar-refractivity contribution in [2.75, 3.05) is 13.1 Å². The minimum absolute atomic E-state index is 0.0845. The van der Waals surface area contributed by atoms with Crippen molar-refractivity contribution in [3.63, 3.8) is 0 Å². The summed E-state index contributed by atoms with van der Waals surface area (Å²) in [5, 5.41) is 5.42. The molecule has 0 aliphatic heterocycles. The molecule has 0 aliphatic carbocycles. The van der Waals surface area contributed by atoms with Gasteiger partial charge in [0.15, 0.2) is 0 Å². The van der Waals surface area contributed by atoms with E-state index in [0.29, 0.717) is 5.56 Å². The van der Waals surface area contributed by atoms with E-state index in [1.165, 1.54) is 12.1 Å². The maximum absolute atomic E-state index is 13.5. The number of benzene rings is 2. The second-order valence-electron chi connectivity index (χ2n) is 4.50. The normalized spacial score (nSPS) is 10.1. The fraction of sp³-hybridized carbons (Fsp3) is 0.125. The van der Waals surface area contributed by atoms with Gasteiger partial charge in [0.2, 0.25) is 0 Å². The van der Waals surface area contributed by atoms with Crippen molar-refractivity contribution in [1.82, 2.24) is 10.6 Å². The van der Waals surface area contributed by atoms with Crippen molar-refractivity contribution < 1.29 is 14.0 Å². The molecule has 0 radical (unpaired) electrons. The number of nitrogens with one attached hydrogen (secondary N) is 2. The molecule has 0 bridgehead atoms.